The summed E-state index contributed by atoms with van der Waals surface area (Å²) in [5.74, 6) is 0. The van der Waals surface area contributed by atoms with E-state index in [0.717, 1.165) is 6.42 Å². The third kappa shape index (κ3) is 4.09. The van der Waals surface area contributed by atoms with Gasteiger partial charge in [-0.2, -0.15) is 17.4 Å². The Labute approximate surface area is 136 Å². The number of allylic oxidation sites excluding steroid dienone is 4. The second-order valence-electron chi connectivity index (χ2n) is 4.25. The second kappa shape index (κ2) is 7.98. The molecule has 0 saturated carbocycles. The van der Waals surface area contributed by atoms with Crippen molar-refractivity contribution in [3.05, 3.63) is 40.4 Å². The average Bonchev–Trinajstić information content (AvgIpc) is 2.72. The first-order valence-corrected chi connectivity index (χ1v) is 8.83. The van der Waals surface area contributed by atoms with Crippen molar-refractivity contribution in [1.82, 2.24) is 0 Å². The molecule has 17 heavy (non-hydrogen) atoms. The van der Waals surface area contributed by atoms with Gasteiger partial charge in [0.25, 0.3) is 0 Å². The van der Waals surface area contributed by atoms with Gasteiger partial charge in [0.05, 0.1) is 8.07 Å². The molecule has 2 rings (SSSR count). The van der Waals surface area contributed by atoms with E-state index in [0.29, 0.717) is 0 Å². The summed E-state index contributed by atoms with van der Waals surface area (Å²) in [6.45, 7) is 7.06. The van der Waals surface area contributed by atoms with Crippen LogP contribution < -0.4 is 4.50 Å². The van der Waals surface area contributed by atoms with Crippen molar-refractivity contribution in [3.8, 4) is 0 Å². The Hall–Kier alpha value is 0.691. The molecule has 0 N–H and O–H groups in total. The Balaban J connectivity index is 0. The van der Waals surface area contributed by atoms with E-state index in [4.69, 9.17) is 0 Å². The van der Waals surface area contributed by atoms with Crippen LogP contribution in [-0.4, -0.2) is 8.07 Å². The van der Waals surface area contributed by atoms with Gasteiger partial charge in [0, 0.05) is 21.7 Å². The molecule has 0 atom stereocenters. The maximum Gasteiger partial charge on any atom is 0.0886 e. The Morgan fingerprint density at radius 1 is 1.29 bits per heavy atom. The molecule has 0 saturated heterocycles. The molecule has 0 aromatic carbocycles. The van der Waals surface area contributed by atoms with Gasteiger partial charge in [0.15, 0.2) is 0 Å². The number of rotatable bonds is 2. The molecule has 0 spiro atoms. The Kier molecular flexibility index (Phi) is 9.40. The van der Waals surface area contributed by atoms with Crippen molar-refractivity contribution in [2.24, 2.45) is 0 Å². The molecule has 1 aromatic heterocycles. The van der Waals surface area contributed by atoms with Crippen LogP contribution in [0.2, 0.25) is 13.1 Å². The zero-order chi connectivity index (χ0) is 10.2. The minimum atomic E-state index is -1.40. The quantitative estimate of drug-likeness (QED) is 0.563. The first-order chi connectivity index (χ1) is 6.62. The molecular formula is C12H17Cl2SSiTi-. The van der Waals surface area contributed by atoms with Crippen LogP contribution in [0.1, 0.15) is 12.0 Å². The summed E-state index contributed by atoms with van der Waals surface area (Å²) in [5.41, 5.74) is 1.46. The van der Waals surface area contributed by atoms with E-state index < -0.39 is 8.07 Å². The minimum Gasteiger partial charge on any atom is -0.273 e. The zero-order valence-corrected chi connectivity index (χ0v) is 15.3. The number of thiophene rings is 1. The van der Waals surface area contributed by atoms with Crippen LogP contribution in [0.3, 0.4) is 0 Å². The normalized spacial score (nSPS) is 13.2. The molecule has 0 bridgehead atoms. The molecule has 5 heteroatoms. The van der Waals surface area contributed by atoms with E-state index in [1.54, 1.807) is 4.50 Å². The fourth-order valence-corrected chi connectivity index (χ4v) is 6.74. The van der Waals surface area contributed by atoms with Gasteiger partial charge in [0.1, 0.15) is 0 Å². The molecule has 1 aromatic rings. The smallest absolute Gasteiger partial charge is 0.0886 e. The number of hydrogen-bond donors (Lipinski definition) is 0. The third-order valence-electron chi connectivity index (χ3n) is 2.80. The van der Waals surface area contributed by atoms with Gasteiger partial charge in [-0.3, -0.25) is 6.08 Å². The summed E-state index contributed by atoms with van der Waals surface area (Å²) in [4.78, 5) is 0. The van der Waals surface area contributed by atoms with Crippen molar-refractivity contribution < 1.29 is 21.7 Å². The molecule has 1 aliphatic rings. The Bertz CT molecular complexity index is 410. The molecule has 1 aliphatic carbocycles. The third-order valence-corrected chi connectivity index (χ3v) is 8.73. The van der Waals surface area contributed by atoms with Crippen LogP contribution in [0, 0.1) is 13.0 Å². The molecule has 0 unspecified atom stereocenters. The van der Waals surface area contributed by atoms with E-state index in [2.05, 4.69) is 49.7 Å². The van der Waals surface area contributed by atoms with Gasteiger partial charge in [0.2, 0.25) is 0 Å². The predicted molar refractivity (Wildman–Crippen MR) is 81.2 cm³/mol. The van der Waals surface area contributed by atoms with Gasteiger partial charge < -0.3 is 0 Å². The standard InChI is InChI=1S/C12H15SSi.2ClH.Ti/c1-10-8-9-13-12(10)14(2,3)11-6-4-5-7-11;;;/h4,6,8-9H,5H2,1-3H3;2*1H;/q-1;;;. The van der Waals surface area contributed by atoms with Gasteiger partial charge >= 0.3 is 0 Å². The molecule has 0 fully saturated rings. The summed E-state index contributed by atoms with van der Waals surface area (Å²) in [5, 5.41) is 3.68. The molecule has 0 aliphatic heterocycles. The van der Waals surface area contributed by atoms with Crippen LogP contribution in [-0.2, 0) is 21.7 Å². The van der Waals surface area contributed by atoms with Crippen LogP contribution in [0.5, 0.6) is 0 Å². The number of halogens is 2. The summed E-state index contributed by atoms with van der Waals surface area (Å²) in [7, 11) is -1.40. The molecule has 0 radical (unpaired) electrons. The number of aryl methyl sites for hydroxylation is 1. The molecule has 0 nitrogen and oxygen atoms in total. The topological polar surface area (TPSA) is 0 Å². The van der Waals surface area contributed by atoms with Crippen molar-refractivity contribution in [3.63, 3.8) is 0 Å². The Morgan fingerprint density at radius 2 is 1.94 bits per heavy atom. The largest absolute Gasteiger partial charge is 0.273 e. The average molecular weight is 340 g/mol. The molecular weight excluding hydrogens is 323 g/mol. The summed E-state index contributed by atoms with van der Waals surface area (Å²) in [6.07, 6.45) is 8.98. The maximum atomic E-state index is 3.49. The van der Waals surface area contributed by atoms with Crippen molar-refractivity contribution in [2.75, 3.05) is 0 Å². The summed E-state index contributed by atoms with van der Waals surface area (Å²) in [6, 6.07) is 2.23. The van der Waals surface area contributed by atoms with E-state index in [1.807, 2.05) is 11.3 Å². The SMILES string of the molecule is Cc1ccsc1[Si](C)(C)C1=[C-]CC=C1.Cl.Cl.[Ti]. The minimum absolute atomic E-state index is 0. The summed E-state index contributed by atoms with van der Waals surface area (Å²) < 4.78 is 1.60. The van der Waals surface area contributed by atoms with Crippen molar-refractivity contribution in [2.45, 2.75) is 26.4 Å². The van der Waals surface area contributed by atoms with Gasteiger partial charge in [-0.05, 0) is 28.4 Å². The summed E-state index contributed by atoms with van der Waals surface area (Å²) >= 11 is 1.91. The molecule has 1 heterocycles. The van der Waals surface area contributed by atoms with Crippen LogP contribution >= 0.6 is 36.2 Å². The molecule has 0 amide bonds. The monoisotopic (exact) mass is 339 g/mol. The van der Waals surface area contributed by atoms with Gasteiger partial charge in [-0.15, -0.1) is 31.2 Å². The van der Waals surface area contributed by atoms with E-state index >= 15 is 0 Å². The van der Waals surface area contributed by atoms with Crippen LogP contribution in [0.25, 0.3) is 0 Å². The predicted octanol–water partition coefficient (Wildman–Crippen LogP) is 4.04. The van der Waals surface area contributed by atoms with E-state index in [-0.39, 0.29) is 46.5 Å². The fourth-order valence-electron chi connectivity index (χ4n) is 1.97. The van der Waals surface area contributed by atoms with E-state index in [9.17, 15) is 0 Å². The maximum absolute atomic E-state index is 3.49. The first-order valence-electron chi connectivity index (χ1n) is 4.95. The first kappa shape index (κ1) is 20.0. The van der Waals surface area contributed by atoms with E-state index in [1.165, 1.54) is 10.8 Å². The number of hydrogen-bond acceptors (Lipinski definition) is 1. The molecule has 94 valence electrons. The van der Waals surface area contributed by atoms with Gasteiger partial charge in [-0.1, -0.05) is 13.1 Å². The fraction of sp³-hybridized carbons (Fsp3) is 0.333. The Morgan fingerprint density at radius 3 is 2.35 bits per heavy atom. The zero-order valence-electron chi connectivity index (χ0n) is 10.2. The van der Waals surface area contributed by atoms with Crippen molar-refractivity contribution >= 4 is 48.7 Å². The van der Waals surface area contributed by atoms with Gasteiger partial charge in [-0.25, -0.2) is 11.3 Å². The second-order valence-corrected chi connectivity index (χ2v) is 9.82. The van der Waals surface area contributed by atoms with Crippen molar-refractivity contribution in [1.29, 1.82) is 0 Å². The van der Waals surface area contributed by atoms with Crippen LogP contribution in [0.4, 0.5) is 0 Å². The van der Waals surface area contributed by atoms with Crippen LogP contribution in [0.15, 0.2) is 28.8 Å².